The third-order valence-corrected chi connectivity index (χ3v) is 3.35. The van der Waals surface area contributed by atoms with Crippen molar-refractivity contribution in [2.75, 3.05) is 13.2 Å². The average Bonchev–Trinajstić information content (AvgIpc) is 2.68. The highest BCUT2D eigenvalue weighted by Gasteiger charge is 2.36. The zero-order valence-electron chi connectivity index (χ0n) is 13.3. The molecule has 0 aromatic heterocycles. The van der Waals surface area contributed by atoms with Crippen LogP contribution in [0.25, 0.3) is 0 Å². The maximum atomic E-state index is 12.1. The fourth-order valence-corrected chi connectivity index (χ4v) is 2.50. The molecule has 20 heavy (non-hydrogen) atoms. The lowest BCUT2D eigenvalue weighted by molar-refractivity contribution is -0.154. The van der Waals surface area contributed by atoms with Crippen LogP contribution in [0.3, 0.4) is 0 Å². The molecule has 1 rings (SSSR count). The number of carbonyl (C=O) groups excluding carboxylic acids is 2. The number of rotatable bonds is 6. The number of hydrogen-bond donors (Lipinski definition) is 0. The van der Waals surface area contributed by atoms with Crippen LogP contribution in [-0.2, 0) is 14.3 Å². The first-order valence-electron chi connectivity index (χ1n) is 7.46. The van der Waals surface area contributed by atoms with Gasteiger partial charge in [-0.2, -0.15) is 0 Å². The smallest absolute Gasteiger partial charge is 0.328 e. The SMILES string of the molecule is CCC(C(=O)OCC(C)C)N1CC(C=C(C)C)CC1=O. The second-order valence-corrected chi connectivity index (χ2v) is 6.20. The van der Waals surface area contributed by atoms with Gasteiger partial charge in [-0.1, -0.05) is 32.4 Å². The van der Waals surface area contributed by atoms with E-state index in [-0.39, 0.29) is 17.8 Å². The quantitative estimate of drug-likeness (QED) is 0.555. The summed E-state index contributed by atoms with van der Waals surface area (Å²) in [6.07, 6.45) is 3.22. The first kappa shape index (κ1) is 16.7. The number of allylic oxidation sites excluding steroid dienone is 1. The summed E-state index contributed by atoms with van der Waals surface area (Å²) >= 11 is 0. The highest BCUT2D eigenvalue weighted by atomic mass is 16.5. The summed E-state index contributed by atoms with van der Waals surface area (Å²) in [5.41, 5.74) is 1.21. The minimum atomic E-state index is -0.434. The van der Waals surface area contributed by atoms with Crippen molar-refractivity contribution in [2.24, 2.45) is 11.8 Å². The highest BCUT2D eigenvalue weighted by Crippen LogP contribution is 2.24. The van der Waals surface area contributed by atoms with Gasteiger partial charge >= 0.3 is 5.97 Å². The maximum Gasteiger partial charge on any atom is 0.328 e. The Hall–Kier alpha value is -1.32. The number of ether oxygens (including phenoxy) is 1. The number of likely N-dealkylation sites (tertiary alicyclic amines) is 1. The molecule has 114 valence electrons. The van der Waals surface area contributed by atoms with E-state index in [4.69, 9.17) is 4.74 Å². The Bertz CT molecular complexity index is 383. The number of esters is 1. The van der Waals surface area contributed by atoms with E-state index in [0.717, 1.165) is 0 Å². The van der Waals surface area contributed by atoms with Gasteiger partial charge in [0.15, 0.2) is 0 Å². The molecule has 1 amide bonds. The van der Waals surface area contributed by atoms with Crippen molar-refractivity contribution in [3.05, 3.63) is 11.6 Å². The molecule has 1 fully saturated rings. The summed E-state index contributed by atoms with van der Waals surface area (Å²) < 4.78 is 5.29. The molecule has 4 nitrogen and oxygen atoms in total. The van der Waals surface area contributed by atoms with Gasteiger partial charge in [0.2, 0.25) is 5.91 Å². The lowest BCUT2D eigenvalue weighted by Crippen LogP contribution is -2.43. The van der Waals surface area contributed by atoms with E-state index < -0.39 is 6.04 Å². The molecule has 0 spiro atoms. The molecule has 0 aromatic carbocycles. The second-order valence-electron chi connectivity index (χ2n) is 6.20. The summed E-state index contributed by atoms with van der Waals surface area (Å²) in [5, 5.41) is 0. The largest absolute Gasteiger partial charge is 0.464 e. The molecule has 0 aliphatic carbocycles. The molecule has 4 heteroatoms. The predicted octanol–water partition coefficient (Wildman–Crippen LogP) is 2.78. The molecule has 1 aliphatic rings. The Balaban J connectivity index is 2.68. The molecule has 1 heterocycles. The van der Waals surface area contributed by atoms with Gasteiger partial charge in [0, 0.05) is 18.9 Å². The Morgan fingerprint density at radius 3 is 2.60 bits per heavy atom. The number of carbonyl (C=O) groups is 2. The zero-order chi connectivity index (χ0) is 15.3. The molecule has 0 N–H and O–H groups in total. The van der Waals surface area contributed by atoms with Crippen molar-refractivity contribution in [1.82, 2.24) is 4.90 Å². The Morgan fingerprint density at radius 1 is 1.45 bits per heavy atom. The minimum Gasteiger partial charge on any atom is -0.464 e. The van der Waals surface area contributed by atoms with E-state index in [2.05, 4.69) is 6.08 Å². The predicted molar refractivity (Wildman–Crippen MR) is 79.1 cm³/mol. The first-order chi connectivity index (χ1) is 9.35. The second kappa shape index (κ2) is 7.46. The molecule has 0 radical (unpaired) electrons. The van der Waals surface area contributed by atoms with E-state index in [9.17, 15) is 9.59 Å². The highest BCUT2D eigenvalue weighted by molar-refractivity contribution is 5.86. The van der Waals surface area contributed by atoms with Crippen LogP contribution in [0.4, 0.5) is 0 Å². The van der Waals surface area contributed by atoms with Crippen molar-refractivity contribution in [2.45, 2.75) is 53.5 Å². The molecule has 2 unspecified atom stereocenters. The lowest BCUT2D eigenvalue weighted by Gasteiger charge is -2.25. The third kappa shape index (κ3) is 4.66. The van der Waals surface area contributed by atoms with Gasteiger partial charge in [-0.15, -0.1) is 0 Å². The van der Waals surface area contributed by atoms with Gasteiger partial charge in [0.1, 0.15) is 6.04 Å². The molecular weight excluding hydrogens is 254 g/mol. The van der Waals surface area contributed by atoms with Crippen molar-refractivity contribution < 1.29 is 14.3 Å². The summed E-state index contributed by atoms with van der Waals surface area (Å²) in [6, 6.07) is -0.434. The van der Waals surface area contributed by atoms with E-state index >= 15 is 0 Å². The van der Waals surface area contributed by atoms with E-state index in [1.807, 2.05) is 34.6 Å². The van der Waals surface area contributed by atoms with Gasteiger partial charge in [-0.25, -0.2) is 4.79 Å². The van der Waals surface area contributed by atoms with Crippen molar-refractivity contribution in [1.29, 1.82) is 0 Å². The van der Waals surface area contributed by atoms with Gasteiger partial charge in [-0.05, 0) is 26.2 Å². The number of nitrogens with zero attached hydrogens (tertiary/aromatic N) is 1. The summed E-state index contributed by atoms with van der Waals surface area (Å²) in [5.74, 6) is 0.317. The normalized spacial score (nSPS) is 20.2. The van der Waals surface area contributed by atoms with Crippen LogP contribution in [0, 0.1) is 11.8 Å². The lowest BCUT2D eigenvalue weighted by atomic mass is 10.1. The summed E-state index contributed by atoms with van der Waals surface area (Å²) in [6.45, 7) is 11.0. The Kier molecular flexibility index (Phi) is 6.24. The van der Waals surface area contributed by atoms with E-state index in [1.165, 1.54) is 5.57 Å². The maximum absolute atomic E-state index is 12.1. The third-order valence-electron chi connectivity index (χ3n) is 3.35. The van der Waals surface area contributed by atoms with Gasteiger partial charge in [0.05, 0.1) is 6.61 Å². The van der Waals surface area contributed by atoms with Crippen LogP contribution >= 0.6 is 0 Å². The number of hydrogen-bond acceptors (Lipinski definition) is 3. The fraction of sp³-hybridized carbons (Fsp3) is 0.750. The summed E-state index contributed by atoms with van der Waals surface area (Å²) in [4.78, 5) is 25.9. The van der Waals surface area contributed by atoms with Crippen LogP contribution < -0.4 is 0 Å². The molecule has 2 atom stereocenters. The number of amides is 1. The fourth-order valence-electron chi connectivity index (χ4n) is 2.50. The summed E-state index contributed by atoms with van der Waals surface area (Å²) in [7, 11) is 0. The van der Waals surface area contributed by atoms with Crippen molar-refractivity contribution >= 4 is 11.9 Å². The molecule has 1 saturated heterocycles. The van der Waals surface area contributed by atoms with E-state index in [0.29, 0.717) is 31.9 Å². The average molecular weight is 281 g/mol. The van der Waals surface area contributed by atoms with E-state index in [1.54, 1.807) is 4.90 Å². The molecular formula is C16H27NO3. The standard InChI is InChI=1S/C16H27NO3/c1-6-14(16(19)20-10-12(4)5)17-9-13(7-11(2)3)8-15(17)18/h7,12-14H,6,8-10H2,1-5H3. The van der Waals surface area contributed by atoms with Crippen LogP contribution in [0.2, 0.25) is 0 Å². The Morgan fingerprint density at radius 2 is 2.10 bits per heavy atom. The minimum absolute atomic E-state index is 0.0563. The zero-order valence-corrected chi connectivity index (χ0v) is 13.3. The van der Waals surface area contributed by atoms with Crippen LogP contribution in [0.1, 0.15) is 47.5 Å². The van der Waals surface area contributed by atoms with Crippen LogP contribution in [0.15, 0.2) is 11.6 Å². The topological polar surface area (TPSA) is 46.6 Å². The van der Waals surface area contributed by atoms with Gasteiger partial charge in [-0.3, -0.25) is 4.79 Å². The molecule has 0 saturated carbocycles. The molecule has 1 aliphatic heterocycles. The van der Waals surface area contributed by atoms with Crippen LogP contribution in [0.5, 0.6) is 0 Å². The van der Waals surface area contributed by atoms with Crippen LogP contribution in [-0.4, -0.2) is 36.0 Å². The van der Waals surface area contributed by atoms with Crippen molar-refractivity contribution in [3.63, 3.8) is 0 Å². The van der Waals surface area contributed by atoms with Crippen molar-refractivity contribution in [3.8, 4) is 0 Å². The van der Waals surface area contributed by atoms with Gasteiger partial charge in [0.25, 0.3) is 0 Å². The van der Waals surface area contributed by atoms with Gasteiger partial charge < -0.3 is 9.64 Å². The molecule has 0 bridgehead atoms. The Labute approximate surface area is 122 Å². The first-order valence-corrected chi connectivity index (χ1v) is 7.46. The molecule has 0 aromatic rings. The monoisotopic (exact) mass is 281 g/mol.